The minimum absolute atomic E-state index is 0.298. The standard InChI is InChI=1S/C12H20N4O4/c1-8-14-9(20-15-8)5-6-13-11(19)16(7-10(17)18)12(2,3)4/h5-7H2,1-4H3,(H,13,19)(H,17,18). The number of nitrogens with zero attached hydrogens (tertiary/aromatic N) is 3. The fourth-order valence-electron chi connectivity index (χ4n) is 1.56. The fourth-order valence-corrected chi connectivity index (χ4v) is 1.56. The number of carbonyl (C=O) groups excluding carboxylic acids is 1. The maximum atomic E-state index is 12.0. The molecule has 1 rings (SSSR count). The van der Waals surface area contributed by atoms with Crippen molar-refractivity contribution in [2.45, 2.75) is 39.7 Å². The van der Waals surface area contributed by atoms with Crippen molar-refractivity contribution >= 4 is 12.0 Å². The Morgan fingerprint density at radius 2 is 2.05 bits per heavy atom. The van der Waals surface area contributed by atoms with Crippen LogP contribution in [0.3, 0.4) is 0 Å². The summed E-state index contributed by atoms with van der Waals surface area (Å²) in [5.41, 5.74) is -0.580. The van der Waals surface area contributed by atoms with Crippen LogP contribution in [0.2, 0.25) is 0 Å². The lowest BCUT2D eigenvalue weighted by Crippen LogP contribution is -2.52. The number of carboxylic acids is 1. The second-order valence-corrected chi connectivity index (χ2v) is 5.37. The van der Waals surface area contributed by atoms with Crippen molar-refractivity contribution in [1.82, 2.24) is 20.4 Å². The molecule has 8 nitrogen and oxygen atoms in total. The lowest BCUT2D eigenvalue weighted by molar-refractivity contribution is -0.138. The molecule has 0 fully saturated rings. The Morgan fingerprint density at radius 3 is 2.50 bits per heavy atom. The highest BCUT2D eigenvalue weighted by Gasteiger charge is 2.28. The number of aryl methyl sites for hydroxylation is 1. The van der Waals surface area contributed by atoms with E-state index in [2.05, 4.69) is 15.5 Å². The van der Waals surface area contributed by atoms with Gasteiger partial charge in [-0.1, -0.05) is 5.16 Å². The lowest BCUT2D eigenvalue weighted by Gasteiger charge is -2.34. The smallest absolute Gasteiger partial charge is 0.323 e. The summed E-state index contributed by atoms with van der Waals surface area (Å²) in [6, 6.07) is -0.434. The van der Waals surface area contributed by atoms with Gasteiger partial charge in [0.15, 0.2) is 5.82 Å². The molecule has 0 spiro atoms. The van der Waals surface area contributed by atoms with Crippen LogP contribution in [0.15, 0.2) is 4.52 Å². The van der Waals surface area contributed by atoms with Gasteiger partial charge in [0.2, 0.25) is 5.89 Å². The van der Waals surface area contributed by atoms with E-state index in [0.717, 1.165) is 0 Å². The van der Waals surface area contributed by atoms with Crippen molar-refractivity contribution < 1.29 is 19.2 Å². The second-order valence-electron chi connectivity index (χ2n) is 5.37. The van der Waals surface area contributed by atoms with Gasteiger partial charge in [-0.05, 0) is 27.7 Å². The lowest BCUT2D eigenvalue weighted by atomic mass is 10.1. The van der Waals surface area contributed by atoms with Gasteiger partial charge in [0.25, 0.3) is 0 Å². The van der Waals surface area contributed by atoms with Gasteiger partial charge in [-0.25, -0.2) is 4.79 Å². The Balaban J connectivity index is 2.52. The monoisotopic (exact) mass is 284 g/mol. The first kappa shape index (κ1) is 15.9. The summed E-state index contributed by atoms with van der Waals surface area (Å²) >= 11 is 0. The van der Waals surface area contributed by atoms with Crippen molar-refractivity contribution in [3.8, 4) is 0 Å². The highest BCUT2D eigenvalue weighted by Crippen LogP contribution is 2.12. The minimum Gasteiger partial charge on any atom is -0.480 e. The number of nitrogens with one attached hydrogen (secondary N) is 1. The van der Waals surface area contributed by atoms with Crippen LogP contribution in [0, 0.1) is 6.92 Å². The average molecular weight is 284 g/mol. The van der Waals surface area contributed by atoms with Crippen molar-refractivity contribution in [3.05, 3.63) is 11.7 Å². The molecule has 0 bridgehead atoms. The number of hydrogen-bond donors (Lipinski definition) is 2. The Hall–Kier alpha value is -2.12. The molecule has 1 aromatic heterocycles. The van der Waals surface area contributed by atoms with E-state index in [1.54, 1.807) is 27.7 Å². The molecule has 112 valence electrons. The first-order valence-electron chi connectivity index (χ1n) is 6.26. The van der Waals surface area contributed by atoms with Gasteiger partial charge in [0.05, 0.1) is 0 Å². The predicted molar refractivity (Wildman–Crippen MR) is 70.2 cm³/mol. The molecule has 0 atom stereocenters. The van der Waals surface area contributed by atoms with Crippen LogP contribution in [-0.4, -0.2) is 50.8 Å². The van der Waals surface area contributed by atoms with Gasteiger partial charge in [0, 0.05) is 18.5 Å². The first-order chi connectivity index (χ1) is 9.20. The van der Waals surface area contributed by atoms with E-state index >= 15 is 0 Å². The Morgan fingerprint density at radius 1 is 1.40 bits per heavy atom. The molecule has 2 amide bonds. The summed E-state index contributed by atoms with van der Waals surface area (Å²) in [6.07, 6.45) is 0.400. The first-order valence-corrected chi connectivity index (χ1v) is 6.26. The van der Waals surface area contributed by atoms with Crippen molar-refractivity contribution in [2.24, 2.45) is 0 Å². The van der Waals surface area contributed by atoms with E-state index in [4.69, 9.17) is 9.63 Å². The molecule has 0 aromatic carbocycles. The third-order valence-corrected chi connectivity index (χ3v) is 2.53. The summed E-state index contributed by atoms with van der Waals surface area (Å²) in [6.45, 7) is 6.98. The summed E-state index contributed by atoms with van der Waals surface area (Å²) < 4.78 is 4.92. The minimum atomic E-state index is -1.05. The third kappa shape index (κ3) is 4.87. The summed E-state index contributed by atoms with van der Waals surface area (Å²) in [7, 11) is 0. The van der Waals surface area contributed by atoms with E-state index < -0.39 is 17.5 Å². The molecule has 0 aliphatic carbocycles. The summed E-state index contributed by atoms with van der Waals surface area (Å²) in [5, 5.41) is 15.1. The molecule has 0 saturated heterocycles. The molecule has 0 aliphatic rings. The van der Waals surface area contributed by atoms with Gasteiger partial charge in [-0.2, -0.15) is 4.98 Å². The van der Waals surface area contributed by atoms with E-state index in [9.17, 15) is 9.59 Å². The van der Waals surface area contributed by atoms with Crippen LogP contribution in [0.25, 0.3) is 0 Å². The zero-order chi connectivity index (χ0) is 15.3. The molecular formula is C12H20N4O4. The molecule has 1 heterocycles. The van der Waals surface area contributed by atoms with E-state index in [0.29, 0.717) is 24.7 Å². The Kier molecular flexibility index (Phi) is 5.06. The van der Waals surface area contributed by atoms with Crippen LogP contribution in [0.4, 0.5) is 4.79 Å². The highest BCUT2D eigenvalue weighted by atomic mass is 16.5. The van der Waals surface area contributed by atoms with Gasteiger partial charge in [-0.15, -0.1) is 0 Å². The van der Waals surface area contributed by atoms with E-state index in [-0.39, 0.29) is 6.54 Å². The summed E-state index contributed by atoms with van der Waals surface area (Å²) in [5.74, 6) is -0.0838. The number of urea groups is 1. The van der Waals surface area contributed by atoms with Gasteiger partial charge in [0.1, 0.15) is 6.54 Å². The van der Waals surface area contributed by atoms with Crippen LogP contribution < -0.4 is 5.32 Å². The maximum absolute atomic E-state index is 12.0. The SMILES string of the molecule is Cc1noc(CCNC(=O)N(CC(=O)O)C(C)(C)C)n1. The zero-order valence-corrected chi connectivity index (χ0v) is 12.1. The molecule has 20 heavy (non-hydrogen) atoms. The molecule has 1 aromatic rings. The summed E-state index contributed by atoms with van der Waals surface area (Å²) in [4.78, 5) is 28.1. The van der Waals surface area contributed by atoms with Crippen molar-refractivity contribution in [3.63, 3.8) is 0 Å². The predicted octanol–water partition coefficient (Wildman–Crippen LogP) is 0.815. The van der Waals surface area contributed by atoms with Gasteiger partial charge >= 0.3 is 12.0 Å². The molecule has 0 aliphatic heterocycles. The van der Waals surface area contributed by atoms with Crippen LogP contribution in [0.1, 0.15) is 32.5 Å². The Labute approximate surface area is 117 Å². The molecule has 8 heteroatoms. The molecule has 2 N–H and O–H groups in total. The fraction of sp³-hybridized carbons (Fsp3) is 0.667. The van der Waals surface area contributed by atoms with Crippen molar-refractivity contribution in [1.29, 1.82) is 0 Å². The topological polar surface area (TPSA) is 109 Å². The highest BCUT2D eigenvalue weighted by molar-refractivity contribution is 5.80. The maximum Gasteiger partial charge on any atom is 0.323 e. The van der Waals surface area contributed by atoms with Crippen LogP contribution in [-0.2, 0) is 11.2 Å². The second kappa shape index (κ2) is 6.36. The zero-order valence-electron chi connectivity index (χ0n) is 12.1. The number of carboxylic acid groups (broad SMARTS) is 1. The normalized spacial score (nSPS) is 11.2. The van der Waals surface area contributed by atoms with E-state index in [1.807, 2.05) is 0 Å². The number of carbonyl (C=O) groups is 2. The number of aromatic nitrogens is 2. The Bertz CT molecular complexity index is 478. The number of hydrogen-bond acceptors (Lipinski definition) is 5. The molecular weight excluding hydrogens is 264 g/mol. The van der Waals surface area contributed by atoms with Crippen molar-refractivity contribution in [2.75, 3.05) is 13.1 Å². The van der Waals surface area contributed by atoms with Gasteiger partial charge < -0.3 is 19.8 Å². The molecule has 0 saturated carbocycles. The van der Waals surface area contributed by atoms with Gasteiger partial charge in [-0.3, -0.25) is 4.79 Å². The van der Waals surface area contributed by atoms with Crippen LogP contribution >= 0.6 is 0 Å². The largest absolute Gasteiger partial charge is 0.480 e. The molecule has 0 radical (unpaired) electrons. The quantitative estimate of drug-likeness (QED) is 0.828. The van der Waals surface area contributed by atoms with Crippen LogP contribution in [0.5, 0.6) is 0 Å². The van der Waals surface area contributed by atoms with E-state index in [1.165, 1.54) is 4.90 Å². The third-order valence-electron chi connectivity index (χ3n) is 2.53. The number of rotatable bonds is 5. The number of aliphatic carboxylic acids is 1. The average Bonchev–Trinajstić information content (AvgIpc) is 2.70. The molecule has 0 unspecified atom stereocenters. The number of amides is 2.